The van der Waals surface area contributed by atoms with E-state index in [4.69, 9.17) is 14.9 Å². The van der Waals surface area contributed by atoms with E-state index in [1.54, 1.807) is 0 Å². The van der Waals surface area contributed by atoms with Crippen molar-refractivity contribution in [3.05, 3.63) is 0 Å². The molecule has 0 aliphatic heterocycles. The third kappa shape index (κ3) is 14.6. The van der Waals surface area contributed by atoms with Crippen molar-refractivity contribution >= 4 is 5.91 Å². The van der Waals surface area contributed by atoms with Gasteiger partial charge in [0.25, 0.3) is 0 Å². The topological polar surface area (TPSA) is 82.0 Å². The summed E-state index contributed by atoms with van der Waals surface area (Å²) >= 11 is 0. The Morgan fingerprint density at radius 1 is 1.09 bits per heavy atom. The first-order chi connectivity index (χ1) is 11.1. The molecule has 0 heterocycles. The molecule has 1 atom stereocenters. The van der Waals surface area contributed by atoms with Gasteiger partial charge in [-0.1, -0.05) is 32.6 Å². The summed E-state index contributed by atoms with van der Waals surface area (Å²) in [6, 6.07) is 0. The van der Waals surface area contributed by atoms with Crippen LogP contribution in [0.25, 0.3) is 0 Å². The van der Waals surface area contributed by atoms with Crippen LogP contribution in [0.1, 0.15) is 52.4 Å². The number of rotatable bonds is 16. The highest BCUT2D eigenvalue weighted by atomic mass is 16.5. The zero-order valence-corrected chi connectivity index (χ0v) is 14.9. The molecular weight excluding hydrogens is 296 g/mol. The summed E-state index contributed by atoms with van der Waals surface area (Å²) in [7, 11) is 0. The van der Waals surface area contributed by atoms with E-state index in [0.29, 0.717) is 39.2 Å². The molecule has 0 rings (SSSR count). The number of unbranched alkanes of at least 4 members (excludes halogenated alkanes) is 4. The molecule has 0 spiro atoms. The fourth-order valence-corrected chi connectivity index (χ4v) is 2.30. The summed E-state index contributed by atoms with van der Waals surface area (Å²) in [5, 5.41) is 20.8. The average molecular weight is 332 g/mol. The van der Waals surface area contributed by atoms with Gasteiger partial charge in [-0.2, -0.15) is 0 Å². The van der Waals surface area contributed by atoms with E-state index in [0.717, 1.165) is 12.8 Å². The minimum atomic E-state index is -0.0378. The number of nitrogens with one attached hydrogen (secondary N) is 1. The second-order valence-electron chi connectivity index (χ2n) is 5.94. The number of ether oxygens (including phenoxy) is 1. The number of nitrogens with zero attached hydrogens (tertiary/aromatic N) is 1. The van der Waals surface area contributed by atoms with Gasteiger partial charge in [0.05, 0.1) is 25.9 Å². The minimum Gasteiger partial charge on any atom is -0.395 e. The van der Waals surface area contributed by atoms with Crippen molar-refractivity contribution in [3.63, 3.8) is 0 Å². The first-order valence-electron chi connectivity index (χ1n) is 8.96. The van der Waals surface area contributed by atoms with Gasteiger partial charge < -0.3 is 20.3 Å². The molecule has 0 aromatic rings. The summed E-state index contributed by atoms with van der Waals surface area (Å²) in [5.74, 6) is 0.0964. The Morgan fingerprint density at radius 2 is 1.74 bits per heavy atom. The van der Waals surface area contributed by atoms with Gasteiger partial charge in [0.1, 0.15) is 0 Å². The molecule has 0 radical (unpaired) electrons. The number of hydrogen-bond donors (Lipinski definition) is 3. The fraction of sp³-hybridized carbons (Fsp3) is 0.941. The summed E-state index contributed by atoms with van der Waals surface area (Å²) in [5.41, 5.74) is 0. The maximum absolute atomic E-state index is 11.7. The number of aliphatic hydroxyl groups is 2. The van der Waals surface area contributed by atoms with Crippen molar-refractivity contribution < 1.29 is 19.7 Å². The van der Waals surface area contributed by atoms with Gasteiger partial charge in [0.2, 0.25) is 5.91 Å². The molecule has 6 nitrogen and oxygen atoms in total. The standard InChI is InChI=1S/C17H36N2O4/c1-3-4-5-6-7-8-17(22)18-15-16(2)23-14-11-19(9-12-20)10-13-21/h16,20-21H,3-15H2,1-2H3,(H,18,22). The van der Waals surface area contributed by atoms with Gasteiger partial charge in [-0.05, 0) is 13.3 Å². The van der Waals surface area contributed by atoms with Gasteiger partial charge >= 0.3 is 0 Å². The molecule has 1 amide bonds. The van der Waals surface area contributed by atoms with Crippen molar-refractivity contribution in [1.29, 1.82) is 0 Å². The third-order valence-corrected chi connectivity index (χ3v) is 3.74. The van der Waals surface area contributed by atoms with Crippen LogP contribution in [0.2, 0.25) is 0 Å². The molecule has 138 valence electrons. The van der Waals surface area contributed by atoms with E-state index in [9.17, 15) is 4.79 Å². The number of amides is 1. The summed E-state index contributed by atoms with van der Waals surface area (Å²) in [4.78, 5) is 13.6. The highest BCUT2D eigenvalue weighted by Gasteiger charge is 2.08. The minimum absolute atomic E-state index is 0.0378. The van der Waals surface area contributed by atoms with Gasteiger partial charge in [0, 0.05) is 32.6 Å². The SMILES string of the molecule is CCCCCCCC(=O)NCC(C)OCCN(CCO)CCO. The molecule has 1 unspecified atom stereocenters. The molecule has 3 N–H and O–H groups in total. The maximum atomic E-state index is 11.7. The second-order valence-corrected chi connectivity index (χ2v) is 5.94. The highest BCUT2D eigenvalue weighted by molar-refractivity contribution is 5.75. The maximum Gasteiger partial charge on any atom is 0.220 e. The van der Waals surface area contributed by atoms with Crippen LogP contribution in [-0.4, -0.2) is 73.1 Å². The van der Waals surface area contributed by atoms with Gasteiger partial charge in [-0.15, -0.1) is 0 Å². The predicted octanol–water partition coefficient (Wildman–Crippen LogP) is 1.15. The first kappa shape index (κ1) is 22.3. The van der Waals surface area contributed by atoms with Crippen LogP contribution in [-0.2, 0) is 9.53 Å². The lowest BCUT2D eigenvalue weighted by Gasteiger charge is -2.21. The quantitative estimate of drug-likeness (QED) is 0.370. The van der Waals surface area contributed by atoms with Crippen molar-refractivity contribution in [2.24, 2.45) is 0 Å². The molecule has 0 bridgehead atoms. The zero-order chi connectivity index (χ0) is 17.3. The molecular formula is C17H36N2O4. The molecule has 6 heteroatoms. The lowest BCUT2D eigenvalue weighted by Crippen LogP contribution is -2.36. The van der Waals surface area contributed by atoms with Crippen LogP contribution < -0.4 is 5.32 Å². The lowest BCUT2D eigenvalue weighted by atomic mass is 10.1. The molecule has 0 aliphatic carbocycles. The van der Waals surface area contributed by atoms with Crippen LogP contribution in [0.5, 0.6) is 0 Å². The Labute approximate surface area is 141 Å². The summed E-state index contributed by atoms with van der Waals surface area (Å²) in [6.07, 6.45) is 6.31. The van der Waals surface area contributed by atoms with E-state index >= 15 is 0 Å². The van der Waals surface area contributed by atoms with Crippen molar-refractivity contribution in [2.75, 3.05) is 46.0 Å². The fourth-order valence-electron chi connectivity index (χ4n) is 2.30. The van der Waals surface area contributed by atoms with Gasteiger partial charge in [0.15, 0.2) is 0 Å². The Morgan fingerprint density at radius 3 is 2.35 bits per heavy atom. The Bertz CT molecular complexity index is 271. The Hall–Kier alpha value is -0.690. The number of carbonyl (C=O) groups is 1. The highest BCUT2D eigenvalue weighted by Crippen LogP contribution is 2.04. The van der Waals surface area contributed by atoms with E-state index in [1.165, 1.54) is 19.3 Å². The van der Waals surface area contributed by atoms with Crippen LogP contribution in [0.15, 0.2) is 0 Å². The molecule has 0 aromatic heterocycles. The monoisotopic (exact) mass is 332 g/mol. The molecule has 0 aliphatic rings. The molecule has 0 saturated heterocycles. The molecule has 0 fully saturated rings. The lowest BCUT2D eigenvalue weighted by molar-refractivity contribution is -0.121. The normalized spacial score (nSPS) is 12.6. The van der Waals surface area contributed by atoms with Gasteiger partial charge in [-0.3, -0.25) is 9.69 Å². The second kappa shape index (κ2) is 16.2. The van der Waals surface area contributed by atoms with E-state index < -0.39 is 0 Å². The van der Waals surface area contributed by atoms with Crippen LogP contribution in [0.3, 0.4) is 0 Å². The van der Waals surface area contributed by atoms with Gasteiger partial charge in [-0.25, -0.2) is 0 Å². The van der Waals surface area contributed by atoms with Crippen LogP contribution in [0.4, 0.5) is 0 Å². The molecule has 0 aromatic carbocycles. The van der Waals surface area contributed by atoms with E-state index in [2.05, 4.69) is 12.2 Å². The molecule has 0 saturated carbocycles. The number of aliphatic hydroxyl groups excluding tert-OH is 2. The summed E-state index contributed by atoms with van der Waals surface area (Å²) in [6.45, 7) is 7.04. The van der Waals surface area contributed by atoms with Crippen LogP contribution >= 0.6 is 0 Å². The summed E-state index contributed by atoms with van der Waals surface area (Å²) < 4.78 is 5.65. The smallest absolute Gasteiger partial charge is 0.220 e. The third-order valence-electron chi connectivity index (χ3n) is 3.74. The largest absolute Gasteiger partial charge is 0.395 e. The number of carbonyl (C=O) groups excluding carboxylic acids is 1. The van der Waals surface area contributed by atoms with E-state index in [1.807, 2.05) is 11.8 Å². The van der Waals surface area contributed by atoms with Crippen LogP contribution in [0, 0.1) is 0 Å². The van der Waals surface area contributed by atoms with E-state index in [-0.39, 0.29) is 25.2 Å². The zero-order valence-electron chi connectivity index (χ0n) is 14.9. The van der Waals surface area contributed by atoms with Crippen molar-refractivity contribution in [1.82, 2.24) is 10.2 Å². The number of hydrogen-bond acceptors (Lipinski definition) is 5. The Kier molecular flexibility index (Phi) is 15.7. The molecule has 23 heavy (non-hydrogen) atoms. The predicted molar refractivity (Wildman–Crippen MR) is 92.4 cm³/mol. The first-order valence-corrected chi connectivity index (χ1v) is 8.96. The average Bonchev–Trinajstić information content (AvgIpc) is 2.53. The van der Waals surface area contributed by atoms with Crippen molar-refractivity contribution in [3.8, 4) is 0 Å². The van der Waals surface area contributed by atoms with Crippen molar-refractivity contribution in [2.45, 2.75) is 58.5 Å². The Balaban J connectivity index is 3.61.